The van der Waals surface area contributed by atoms with E-state index in [-0.39, 0.29) is 0 Å². The molecule has 0 saturated heterocycles. The van der Waals surface area contributed by atoms with E-state index in [1.165, 1.54) is 11.1 Å². The van der Waals surface area contributed by atoms with E-state index in [4.69, 9.17) is 4.52 Å². The van der Waals surface area contributed by atoms with Crippen molar-refractivity contribution >= 4 is 0 Å². The summed E-state index contributed by atoms with van der Waals surface area (Å²) in [5.74, 6) is 0.899. The van der Waals surface area contributed by atoms with Gasteiger partial charge >= 0.3 is 0 Å². The number of rotatable bonds is 4. The van der Waals surface area contributed by atoms with Crippen molar-refractivity contribution in [2.75, 3.05) is 0 Å². The molecule has 18 heavy (non-hydrogen) atoms. The van der Waals surface area contributed by atoms with Gasteiger partial charge in [-0.3, -0.25) is 0 Å². The lowest BCUT2D eigenvalue weighted by Crippen LogP contribution is -2.18. The predicted molar refractivity (Wildman–Crippen MR) is 72.4 cm³/mol. The molecule has 3 heteroatoms. The Bertz CT molecular complexity index is 494. The Balaban J connectivity index is 2.00. The zero-order chi connectivity index (χ0) is 13.1. The lowest BCUT2D eigenvalue weighted by Gasteiger charge is -2.14. The minimum atomic E-state index is 0.319. The third-order valence-corrected chi connectivity index (χ3v) is 3.34. The van der Waals surface area contributed by atoms with Crippen LogP contribution in [-0.4, -0.2) is 5.16 Å². The van der Waals surface area contributed by atoms with Crippen LogP contribution >= 0.6 is 0 Å². The topological polar surface area (TPSA) is 38.1 Å². The van der Waals surface area contributed by atoms with Gasteiger partial charge in [0.2, 0.25) is 0 Å². The predicted octanol–water partition coefficient (Wildman–Crippen LogP) is 3.45. The van der Waals surface area contributed by atoms with Gasteiger partial charge in [-0.2, -0.15) is 0 Å². The van der Waals surface area contributed by atoms with Crippen LogP contribution in [0.1, 0.15) is 41.1 Å². The van der Waals surface area contributed by atoms with Gasteiger partial charge in [0.1, 0.15) is 5.76 Å². The molecule has 1 unspecified atom stereocenters. The first-order valence-electron chi connectivity index (χ1n) is 6.29. The molecule has 2 rings (SSSR count). The first-order valence-corrected chi connectivity index (χ1v) is 6.29. The van der Waals surface area contributed by atoms with Crippen molar-refractivity contribution in [2.24, 2.45) is 0 Å². The van der Waals surface area contributed by atoms with E-state index in [1.54, 1.807) is 0 Å². The molecule has 0 saturated carbocycles. The van der Waals surface area contributed by atoms with E-state index in [1.807, 2.05) is 13.8 Å². The summed E-state index contributed by atoms with van der Waals surface area (Å²) in [6.45, 7) is 8.99. The highest BCUT2D eigenvalue weighted by atomic mass is 16.5. The Labute approximate surface area is 108 Å². The van der Waals surface area contributed by atoms with Crippen LogP contribution in [0.2, 0.25) is 0 Å². The number of aromatic nitrogens is 1. The van der Waals surface area contributed by atoms with Crippen molar-refractivity contribution in [3.63, 3.8) is 0 Å². The summed E-state index contributed by atoms with van der Waals surface area (Å²) in [7, 11) is 0. The van der Waals surface area contributed by atoms with Crippen LogP contribution < -0.4 is 5.32 Å². The van der Waals surface area contributed by atoms with Crippen molar-refractivity contribution in [1.82, 2.24) is 10.5 Å². The van der Waals surface area contributed by atoms with Gasteiger partial charge in [0.25, 0.3) is 0 Å². The molecule has 96 valence electrons. The Hall–Kier alpha value is -1.61. The van der Waals surface area contributed by atoms with Gasteiger partial charge in [-0.25, -0.2) is 0 Å². The number of hydrogen-bond acceptors (Lipinski definition) is 3. The summed E-state index contributed by atoms with van der Waals surface area (Å²) >= 11 is 0. The van der Waals surface area contributed by atoms with Gasteiger partial charge in [0.15, 0.2) is 0 Å². The molecule has 1 heterocycles. The summed E-state index contributed by atoms with van der Waals surface area (Å²) in [6, 6.07) is 8.94. The highest BCUT2D eigenvalue weighted by Gasteiger charge is 2.10. The van der Waals surface area contributed by atoms with Crippen LogP contribution in [0.3, 0.4) is 0 Å². The van der Waals surface area contributed by atoms with Gasteiger partial charge in [-0.15, -0.1) is 0 Å². The zero-order valence-electron chi connectivity index (χ0n) is 11.4. The van der Waals surface area contributed by atoms with Crippen LogP contribution in [-0.2, 0) is 6.54 Å². The highest BCUT2D eigenvalue weighted by molar-refractivity contribution is 5.25. The van der Waals surface area contributed by atoms with E-state index in [0.717, 1.165) is 23.6 Å². The van der Waals surface area contributed by atoms with E-state index in [0.29, 0.717) is 6.04 Å². The standard InChI is InChI=1S/C15H20N2O/c1-10-5-7-14(8-6-10)11(2)16-9-15-12(3)17-18-13(15)4/h5-8,11,16H,9H2,1-4H3. The van der Waals surface area contributed by atoms with Crippen LogP contribution in [0.25, 0.3) is 0 Å². The summed E-state index contributed by atoms with van der Waals surface area (Å²) in [6.07, 6.45) is 0. The second-order valence-corrected chi connectivity index (χ2v) is 4.82. The third kappa shape index (κ3) is 2.79. The maximum absolute atomic E-state index is 5.16. The first-order chi connectivity index (χ1) is 8.58. The van der Waals surface area contributed by atoms with Gasteiger partial charge in [-0.1, -0.05) is 35.0 Å². The molecule has 0 amide bonds. The second kappa shape index (κ2) is 5.36. The summed E-state index contributed by atoms with van der Waals surface area (Å²) in [4.78, 5) is 0. The Morgan fingerprint density at radius 3 is 2.39 bits per heavy atom. The van der Waals surface area contributed by atoms with Crippen LogP contribution in [0.15, 0.2) is 28.8 Å². The average molecular weight is 244 g/mol. The minimum Gasteiger partial charge on any atom is -0.361 e. The zero-order valence-corrected chi connectivity index (χ0v) is 11.4. The Morgan fingerprint density at radius 2 is 1.83 bits per heavy atom. The number of benzene rings is 1. The monoisotopic (exact) mass is 244 g/mol. The number of aryl methyl sites for hydroxylation is 3. The van der Waals surface area contributed by atoms with E-state index in [9.17, 15) is 0 Å². The molecule has 1 atom stereocenters. The average Bonchev–Trinajstić information content (AvgIpc) is 2.67. The van der Waals surface area contributed by atoms with E-state index < -0.39 is 0 Å². The van der Waals surface area contributed by atoms with Crippen LogP contribution in [0.4, 0.5) is 0 Å². The second-order valence-electron chi connectivity index (χ2n) is 4.82. The SMILES string of the molecule is Cc1ccc(C(C)NCc2c(C)noc2C)cc1. The normalized spacial score (nSPS) is 12.7. The third-order valence-electron chi connectivity index (χ3n) is 3.34. The molecule has 0 aliphatic heterocycles. The molecule has 0 radical (unpaired) electrons. The molecular weight excluding hydrogens is 224 g/mol. The van der Waals surface area contributed by atoms with Gasteiger partial charge in [0, 0.05) is 18.2 Å². The van der Waals surface area contributed by atoms with Gasteiger partial charge in [0.05, 0.1) is 5.69 Å². The lowest BCUT2D eigenvalue weighted by molar-refractivity contribution is 0.391. The quantitative estimate of drug-likeness (QED) is 0.895. The Kier molecular flexibility index (Phi) is 3.82. The molecule has 0 fully saturated rings. The molecule has 0 aliphatic rings. The maximum atomic E-state index is 5.16. The smallest absolute Gasteiger partial charge is 0.138 e. The van der Waals surface area contributed by atoms with Crippen molar-refractivity contribution in [3.05, 3.63) is 52.4 Å². The minimum absolute atomic E-state index is 0.319. The molecule has 3 nitrogen and oxygen atoms in total. The molecule has 1 aromatic carbocycles. The van der Waals surface area contributed by atoms with Gasteiger partial charge in [-0.05, 0) is 33.3 Å². The number of nitrogens with one attached hydrogen (secondary N) is 1. The number of hydrogen-bond donors (Lipinski definition) is 1. The summed E-state index contributed by atoms with van der Waals surface area (Å²) in [5.41, 5.74) is 4.72. The summed E-state index contributed by atoms with van der Waals surface area (Å²) < 4.78 is 5.16. The fourth-order valence-electron chi connectivity index (χ4n) is 1.98. The van der Waals surface area contributed by atoms with Crippen molar-refractivity contribution in [1.29, 1.82) is 0 Å². The molecule has 1 aromatic heterocycles. The Morgan fingerprint density at radius 1 is 1.17 bits per heavy atom. The van der Waals surface area contributed by atoms with E-state index >= 15 is 0 Å². The fourth-order valence-corrected chi connectivity index (χ4v) is 1.98. The highest BCUT2D eigenvalue weighted by Crippen LogP contribution is 2.16. The molecule has 0 spiro atoms. The lowest BCUT2D eigenvalue weighted by atomic mass is 10.1. The van der Waals surface area contributed by atoms with Crippen molar-refractivity contribution in [3.8, 4) is 0 Å². The van der Waals surface area contributed by atoms with Crippen molar-refractivity contribution < 1.29 is 4.52 Å². The fraction of sp³-hybridized carbons (Fsp3) is 0.400. The van der Waals surface area contributed by atoms with Crippen LogP contribution in [0.5, 0.6) is 0 Å². The largest absolute Gasteiger partial charge is 0.361 e. The summed E-state index contributed by atoms with van der Waals surface area (Å²) in [5, 5.41) is 7.47. The first kappa shape index (κ1) is 12.8. The molecule has 1 N–H and O–H groups in total. The molecule has 2 aromatic rings. The number of nitrogens with zero attached hydrogens (tertiary/aromatic N) is 1. The maximum Gasteiger partial charge on any atom is 0.138 e. The molecule has 0 bridgehead atoms. The molecular formula is C15H20N2O. The molecule has 0 aliphatic carbocycles. The van der Waals surface area contributed by atoms with Crippen LogP contribution in [0, 0.1) is 20.8 Å². The van der Waals surface area contributed by atoms with Crippen molar-refractivity contribution in [2.45, 2.75) is 40.3 Å². The van der Waals surface area contributed by atoms with Gasteiger partial charge < -0.3 is 9.84 Å². The van der Waals surface area contributed by atoms with E-state index in [2.05, 4.69) is 48.6 Å².